The van der Waals surface area contributed by atoms with Gasteiger partial charge in [0.15, 0.2) is 0 Å². The Kier molecular flexibility index (Phi) is 3.01. The Labute approximate surface area is 56.8 Å². The second-order valence-electron chi connectivity index (χ2n) is 2.54. The van der Waals surface area contributed by atoms with Crippen LogP contribution in [0.1, 0.15) is 12.8 Å². The molecule has 0 amide bonds. The molecule has 0 bridgehead atoms. The van der Waals surface area contributed by atoms with Crippen LogP contribution in [-0.4, -0.2) is 38.3 Å². The van der Waals surface area contributed by atoms with Crippen LogP contribution in [0.25, 0.3) is 0 Å². The summed E-state index contributed by atoms with van der Waals surface area (Å²) in [6.07, 6.45) is 2.59. The van der Waals surface area contributed by atoms with Gasteiger partial charge in [0.25, 0.3) is 0 Å². The third-order valence-corrected chi connectivity index (χ3v) is 1.77. The molecule has 2 nitrogen and oxygen atoms in total. The van der Waals surface area contributed by atoms with Gasteiger partial charge in [0, 0.05) is 20.3 Å². The Bertz CT molecular complexity index is 71.3. The molecule has 2 heteroatoms. The lowest BCUT2D eigenvalue weighted by atomic mass is 10.2. The van der Waals surface area contributed by atoms with Gasteiger partial charge in [0.05, 0.1) is 0 Å². The number of rotatable bonds is 4. The zero-order chi connectivity index (χ0) is 6.53. The lowest BCUT2D eigenvalue weighted by Crippen LogP contribution is -2.37. The summed E-state index contributed by atoms with van der Waals surface area (Å²) in [6, 6.07) is 0. The van der Waals surface area contributed by atoms with Crippen molar-refractivity contribution in [1.29, 1.82) is 0 Å². The molecular weight excluding hydrogens is 114 g/mol. The van der Waals surface area contributed by atoms with Crippen LogP contribution in [0.15, 0.2) is 0 Å². The first-order valence-electron chi connectivity index (χ1n) is 3.65. The molecule has 0 spiro atoms. The number of hydrogen-bond donors (Lipinski definition) is 0. The second-order valence-corrected chi connectivity index (χ2v) is 2.54. The summed E-state index contributed by atoms with van der Waals surface area (Å²) in [4.78, 5) is 2.46. The standard InChI is InChI=1S/C7H15NO/c1-9-7-3-6-8-4-2-5-8/h2-7H2,1H3. The fraction of sp³-hybridized carbons (Fsp3) is 1.00. The SMILES string of the molecule is COCCCN1CCC1. The summed E-state index contributed by atoms with van der Waals surface area (Å²) < 4.78 is 4.93. The maximum absolute atomic E-state index is 4.93. The zero-order valence-electron chi connectivity index (χ0n) is 6.10. The third kappa shape index (κ3) is 2.33. The van der Waals surface area contributed by atoms with E-state index in [0.29, 0.717) is 0 Å². The van der Waals surface area contributed by atoms with Gasteiger partial charge in [0.1, 0.15) is 0 Å². The van der Waals surface area contributed by atoms with E-state index in [0.717, 1.165) is 6.61 Å². The molecule has 1 saturated heterocycles. The van der Waals surface area contributed by atoms with E-state index >= 15 is 0 Å². The number of methoxy groups -OCH3 is 1. The molecule has 1 fully saturated rings. The highest BCUT2D eigenvalue weighted by Crippen LogP contribution is 2.05. The number of hydrogen-bond acceptors (Lipinski definition) is 2. The lowest BCUT2D eigenvalue weighted by molar-refractivity contribution is 0.140. The quantitative estimate of drug-likeness (QED) is 0.519. The van der Waals surface area contributed by atoms with Gasteiger partial charge in [-0.1, -0.05) is 0 Å². The van der Waals surface area contributed by atoms with Crippen molar-refractivity contribution in [2.24, 2.45) is 0 Å². The Hall–Kier alpha value is -0.0800. The zero-order valence-corrected chi connectivity index (χ0v) is 6.10. The molecule has 1 rings (SSSR count). The average molecular weight is 129 g/mol. The van der Waals surface area contributed by atoms with Crippen LogP contribution in [0.5, 0.6) is 0 Å². The smallest absolute Gasteiger partial charge is 0.0474 e. The van der Waals surface area contributed by atoms with Crippen molar-refractivity contribution in [3.8, 4) is 0 Å². The molecule has 9 heavy (non-hydrogen) atoms. The van der Waals surface area contributed by atoms with Gasteiger partial charge in [-0.3, -0.25) is 0 Å². The van der Waals surface area contributed by atoms with Crippen LogP contribution in [0, 0.1) is 0 Å². The van der Waals surface area contributed by atoms with Crippen molar-refractivity contribution >= 4 is 0 Å². The van der Waals surface area contributed by atoms with Crippen LogP contribution in [0.4, 0.5) is 0 Å². The van der Waals surface area contributed by atoms with Crippen molar-refractivity contribution in [3.05, 3.63) is 0 Å². The molecule has 54 valence electrons. The summed E-state index contributed by atoms with van der Waals surface area (Å²) in [5, 5.41) is 0. The second kappa shape index (κ2) is 3.85. The molecule has 0 aromatic rings. The Morgan fingerprint density at radius 1 is 1.44 bits per heavy atom. The number of likely N-dealkylation sites (tertiary alicyclic amines) is 1. The molecule has 0 unspecified atom stereocenters. The normalized spacial score (nSPS) is 19.7. The van der Waals surface area contributed by atoms with E-state index in [4.69, 9.17) is 4.74 Å². The van der Waals surface area contributed by atoms with Crippen LogP contribution in [-0.2, 0) is 4.74 Å². The van der Waals surface area contributed by atoms with Crippen LogP contribution in [0.3, 0.4) is 0 Å². The number of ether oxygens (including phenoxy) is 1. The third-order valence-electron chi connectivity index (χ3n) is 1.77. The highest BCUT2D eigenvalue weighted by atomic mass is 16.5. The fourth-order valence-electron chi connectivity index (χ4n) is 1.04. The summed E-state index contributed by atoms with van der Waals surface area (Å²) >= 11 is 0. The van der Waals surface area contributed by atoms with Gasteiger partial charge in [-0.05, 0) is 25.9 Å². The summed E-state index contributed by atoms with van der Waals surface area (Å²) in [5.41, 5.74) is 0. The van der Waals surface area contributed by atoms with E-state index in [-0.39, 0.29) is 0 Å². The Balaban J connectivity index is 1.80. The van der Waals surface area contributed by atoms with Crippen LogP contribution < -0.4 is 0 Å². The van der Waals surface area contributed by atoms with Crippen molar-refractivity contribution in [2.75, 3.05) is 33.4 Å². The minimum Gasteiger partial charge on any atom is -0.385 e. The minimum absolute atomic E-state index is 0.913. The van der Waals surface area contributed by atoms with Gasteiger partial charge >= 0.3 is 0 Å². The van der Waals surface area contributed by atoms with Gasteiger partial charge in [0.2, 0.25) is 0 Å². The van der Waals surface area contributed by atoms with Gasteiger partial charge in [-0.15, -0.1) is 0 Å². The molecule has 0 N–H and O–H groups in total. The van der Waals surface area contributed by atoms with E-state index in [2.05, 4.69) is 4.90 Å². The molecule has 0 aromatic carbocycles. The van der Waals surface area contributed by atoms with Gasteiger partial charge < -0.3 is 9.64 Å². The Morgan fingerprint density at radius 2 is 2.22 bits per heavy atom. The summed E-state index contributed by atoms with van der Waals surface area (Å²) in [6.45, 7) is 4.76. The highest BCUT2D eigenvalue weighted by Gasteiger charge is 2.11. The highest BCUT2D eigenvalue weighted by molar-refractivity contribution is 4.67. The molecule has 0 atom stereocenters. The van der Waals surface area contributed by atoms with E-state index in [1.165, 1.54) is 32.5 Å². The van der Waals surface area contributed by atoms with E-state index in [1.54, 1.807) is 7.11 Å². The molecule has 0 aromatic heterocycles. The van der Waals surface area contributed by atoms with Crippen LogP contribution in [0.2, 0.25) is 0 Å². The monoisotopic (exact) mass is 129 g/mol. The molecular formula is C7H15NO. The molecule has 1 aliphatic heterocycles. The van der Waals surface area contributed by atoms with E-state index in [1.807, 2.05) is 0 Å². The summed E-state index contributed by atoms with van der Waals surface area (Å²) in [7, 11) is 1.76. The average Bonchev–Trinajstić information content (AvgIpc) is 1.76. The van der Waals surface area contributed by atoms with Gasteiger partial charge in [-0.2, -0.15) is 0 Å². The van der Waals surface area contributed by atoms with Crippen molar-refractivity contribution in [2.45, 2.75) is 12.8 Å². The predicted molar refractivity (Wildman–Crippen MR) is 37.5 cm³/mol. The first-order valence-corrected chi connectivity index (χ1v) is 3.65. The largest absolute Gasteiger partial charge is 0.385 e. The molecule has 1 heterocycles. The first-order chi connectivity index (χ1) is 4.43. The lowest BCUT2D eigenvalue weighted by Gasteiger charge is -2.30. The molecule has 0 saturated carbocycles. The number of nitrogens with zero attached hydrogens (tertiary/aromatic N) is 1. The van der Waals surface area contributed by atoms with Crippen molar-refractivity contribution in [3.63, 3.8) is 0 Å². The molecule has 0 radical (unpaired) electrons. The fourth-order valence-corrected chi connectivity index (χ4v) is 1.04. The minimum atomic E-state index is 0.913. The maximum Gasteiger partial charge on any atom is 0.0474 e. The van der Waals surface area contributed by atoms with E-state index in [9.17, 15) is 0 Å². The van der Waals surface area contributed by atoms with E-state index < -0.39 is 0 Å². The summed E-state index contributed by atoms with van der Waals surface area (Å²) in [5.74, 6) is 0. The van der Waals surface area contributed by atoms with Crippen LogP contribution >= 0.6 is 0 Å². The van der Waals surface area contributed by atoms with Crippen molar-refractivity contribution < 1.29 is 4.74 Å². The maximum atomic E-state index is 4.93. The topological polar surface area (TPSA) is 12.5 Å². The van der Waals surface area contributed by atoms with Crippen molar-refractivity contribution in [1.82, 2.24) is 4.90 Å². The Morgan fingerprint density at radius 3 is 2.67 bits per heavy atom. The first kappa shape index (κ1) is 7.03. The van der Waals surface area contributed by atoms with Gasteiger partial charge in [-0.25, -0.2) is 0 Å². The predicted octanol–water partition coefficient (Wildman–Crippen LogP) is 0.729. The molecule has 1 aliphatic rings. The molecule has 0 aliphatic carbocycles.